The summed E-state index contributed by atoms with van der Waals surface area (Å²) in [5.41, 5.74) is 9.93. The number of unbranched alkanes of at least 4 members (excludes halogenated alkanes) is 1. The number of carbonyl (C=O) groups excluding carboxylic acids is 3. The zero-order valence-corrected chi connectivity index (χ0v) is 47.1. The number of aryl methyl sites for hydroxylation is 1. The number of nitrogens with zero attached hydrogens (tertiary/aromatic N) is 7. The first kappa shape index (κ1) is 55.2. The van der Waals surface area contributed by atoms with E-state index in [4.69, 9.17) is 32.0 Å². The molecule has 4 saturated heterocycles. The van der Waals surface area contributed by atoms with Gasteiger partial charge in [0.1, 0.15) is 46.9 Å². The number of β-amino-alcohol motifs (C(OH)–C–C–N with tert-alkyl or cyclic N) is 1. The molecule has 10 rings (SSSR count). The van der Waals surface area contributed by atoms with E-state index in [0.29, 0.717) is 43.7 Å². The number of benzene rings is 3. The van der Waals surface area contributed by atoms with Crippen LogP contribution in [-0.2, 0) is 14.4 Å². The number of nitrogens with two attached hydrogens (primary N) is 1. The molecule has 2 bridgehead atoms. The number of thiazole rings is 1. The van der Waals surface area contributed by atoms with Crippen molar-refractivity contribution in [2.75, 3.05) is 50.0 Å². The molecule has 0 aliphatic carbocycles. The molecule has 3 aromatic carbocycles. The number of nitriles is 1. The number of nitrogens with one attached hydrogen (secondary N) is 3. The van der Waals surface area contributed by atoms with Gasteiger partial charge in [-0.3, -0.25) is 19.3 Å². The molecule has 0 spiro atoms. The normalized spacial score (nSPS) is 22.3. The lowest BCUT2D eigenvalue weighted by Gasteiger charge is -2.36. The molecule has 78 heavy (non-hydrogen) atoms. The van der Waals surface area contributed by atoms with Crippen molar-refractivity contribution in [2.45, 2.75) is 135 Å². The summed E-state index contributed by atoms with van der Waals surface area (Å²) in [5, 5.41) is 31.3. The number of rotatable bonds is 16. The van der Waals surface area contributed by atoms with E-state index in [1.807, 2.05) is 64.4 Å². The number of aromatic nitrogens is 3. The van der Waals surface area contributed by atoms with Gasteiger partial charge >= 0.3 is 6.01 Å². The summed E-state index contributed by atoms with van der Waals surface area (Å²) < 4.78 is 39.1. The fourth-order valence-corrected chi connectivity index (χ4v) is 13.9. The van der Waals surface area contributed by atoms with Crippen LogP contribution in [-0.4, -0.2) is 123 Å². The van der Waals surface area contributed by atoms with Crippen LogP contribution in [0.4, 0.5) is 19.6 Å². The summed E-state index contributed by atoms with van der Waals surface area (Å²) in [6.45, 7) is 14.5. The topological polar surface area (TPSA) is 215 Å². The van der Waals surface area contributed by atoms with Crippen molar-refractivity contribution in [2.24, 2.45) is 5.41 Å². The maximum Gasteiger partial charge on any atom is 0.319 e. The third-order valence-corrected chi connectivity index (χ3v) is 18.4. The molecule has 3 amide bonds. The van der Waals surface area contributed by atoms with E-state index in [1.54, 1.807) is 17.4 Å². The van der Waals surface area contributed by atoms with Crippen LogP contribution in [0.3, 0.4) is 0 Å². The lowest BCUT2D eigenvalue weighted by molar-refractivity contribution is -0.144. The first-order chi connectivity index (χ1) is 37.2. The summed E-state index contributed by atoms with van der Waals surface area (Å²) in [7, 11) is 0. The number of amides is 3. The molecular formula is C57H66ClF2N11O5S2. The maximum atomic E-state index is 17.4. The van der Waals surface area contributed by atoms with Gasteiger partial charge in [0.05, 0.1) is 49.1 Å². The monoisotopic (exact) mass is 1120 g/mol. The van der Waals surface area contributed by atoms with E-state index < -0.39 is 46.7 Å². The van der Waals surface area contributed by atoms with Crippen molar-refractivity contribution in [3.8, 4) is 33.6 Å². The minimum absolute atomic E-state index is 0.000833. The van der Waals surface area contributed by atoms with Gasteiger partial charge in [-0.05, 0) is 107 Å². The van der Waals surface area contributed by atoms with E-state index >= 15 is 8.78 Å². The largest absolute Gasteiger partial charge is 0.461 e. The van der Waals surface area contributed by atoms with Crippen LogP contribution < -0.4 is 31.3 Å². The number of hydrogen-bond acceptors (Lipinski definition) is 15. The highest BCUT2D eigenvalue weighted by Gasteiger charge is 2.45. The van der Waals surface area contributed by atoms with E-state index in [-0.39, 0.29) is 104 Å². The molecule has 4 fully saturated rings. The van der Waals surface area contributed by atoms with Crippen LogP contribution >= 0.6 is 34.3 Å². The standard InChI is InChI=1S/C57H66ClF2N11O5S2/c1-30(32-11-13-33(14-12-32)48-31(2)63-29-77-48)64-53(74)42-22-36(72)27-71(42)54(75)50(56(3,4)5)66-43(73)10-7-8-20-70-21-9-19-57(70,6)28-76-55-67-47-38(52(68-55)69-25-34-15-16-35(26-69)65-34)23-40(58)45(46(47)60)37-17-18-41(59)49-44(37)39(24-61)51(62)78-49/h11-14,17-18,23,29-30,34-36,42,50,65,72H,7-10,15-16,19-22,25-28,62H2,1-6H3,(H,64,74)(H,66,73)/t30-,34?,35?,36+,42-,50+,57-/m0/s1. The molecule has 21 heteroatoms. The first-order valence-electron chi connectivity index (χ1n) is 26.8. The van der Waals surface area contributed by atoms with Crippen LogP contribution in [0.15, 0.2) is 48.0 Å². The van der Waals surface area contributed by atoms with Crippen molar-refractivity contribution in [3.63, 3.8) is 0 Å². The number of halogens is 3. The number of thiophene rings is 1. The molecule has 6 aromatic rings. The molecular weight excluding hydrogens is 1060 g/mol. The van der Waals surface area contributed by atoms with Gasteiger partial charge in [0.25, 0.3) is 0 Å². The molecule has 4 aliphatic rings. The lowest BCUT2D eigenvalue weighted by Crippen LogP contribution is -2.57. The van der Waals surface area contributed by atoms with Gasteiger partial charge in [0, 0.05) is 60.9 Å². The third-order valence-electron chi connectivity index (χ3n) is 16.1. The quantitative estimate of drug-likeness (QED) is 0.0573. The van der Waals surface area contributed by atoms with Gasteiger partial charge < -0.3 is 41.3 Å². The number of piperazine rings is 1. The molecule has 0 saturated carbocycles. The maximum absolute atomic E-state index is 17.4. The van der Waals surface area contributed by atoms with Crippen LogP contribution in [0.25, 0.3) is 42.6 Å². The highest BCUT2D eigenvalue weighted by atomic mass is 35.5. The number of carbonyl (C=O) groups is 3. The highest BCUT2D eigenvalue weighted by molar-refractivity contribution is 7.23. The van der Waals surface area contributed by atoms with E-state index in [9.17, 15) is 24.8 Å². The molecule has 4 aliphatic heterocycles. The van der Waals surface area contributed by atoms with Gasteiger partial charge in [0.15, 0.2) is 5.82 Å². The Morgan fingerprint density at radius 1 is 1.08 bits per heavy atom. The Labute approximate surface area is 465 Å². The molecule has 6 N–H and O–H groups in total. The van der Waals surface area contributed by atoms with Gasteiger partial charge in [-0.15, -0.1) is 22.7 Å². The molecule has 16 nitrogen and oxygen atoms in total. The van der Waals surface area contributed by atoms with Crippen molar-refractivity contribution in [3.05, 3.63) is 81.5 Å². The molecule has 412 valence electrons. The average molecular weight is 1120 g/mol. The van der Waals surface area contributed by atoms with Gasteiger partial charge in [-0.1, -0.05) is 62.7 Å². The van der Waals surface area contributed by atoms with Crippen LogP contribution in [0.2, 0.25) is 5.02 Å². The Morgan fingerprint density at radius 2 is 1.82 bits per heavy atom. The van der Waals surface area contributed by atoms with E-state index in [2.05, 4.69) is 43.7 Å². The minimum atomic E-state index is -0.947. The first-order valence-corrected chi connectivity index (χ1v) is 28.9. The number of aliphatic hydroxyl groups is 1. The third kappa shape index (κ3) is 11.0. The number of anilines is 2. The zero-order valence-electron chi connectivity index (χ0n) is 44.7. The molecule has 2 unspecified atom stereocenters. The lowest BCUT2D eigenvalue weighted by atomic mass is 9.85. The second-order valence-corrected chi connectivity index (χ2v) is 25.1. The van der Waals surface area contributed by atoms with Crippen LogP contribution in [0.5, 0.6) is 6.01 Å². The summed E-state index contributed by atoms with van der Waals surface area (Å²) >= 11 is 9.46. The Balaban J connectivity index is 0.789. The highest BCUT2D eigenvalue weighted by Crippen LogP contribution is 2.46. The van der Waals surface area contributed by atoms with Crippen molar-refractivity contribution < 1.29 is 33.0 Å². The molecule has 7 heterocycles. The Bertz CT molecular complexity index is 3320. The predicted octanol–water partition coefficient (Wildman–Crippen LogP) is 9.04. The van der Waals surface area contributed by atoms with Gasteiger partial charge in [-0.2, -0.15) is 15.2 Å². The summed E-state index contributed by atoms with van der Waals surface area (Å²) in [6.07, 6.45) is 4.33. The number of likely N-dealkylation sites (tertiary alicyclic amines) is 2. The average Bonchev–Trinajstić information content (AvgIpc) is 4.36. The van der Waals surface area contributed by atoms with Gasteiger partial charge in [-0.25, -0.2) is 13.8 Å². The summed E-state index contributed by atoms with van der Waals surface area (Å²) in [4.78, 5) is 62.9. The smallest absolute Gasteiger partial charge is 0.319 e. The Kier molecular flexibility index (Phi) is 15.7. The van der Waals surface area contributed by atoms with Crippen molar-refractivity contribution >= 4 is 83.8 Å². The number of hydrogen-bond donors (Lipinski definition) is 5. The van der Waals surface area contributed by atoms with Gasteiger partial charge in [0.2, 0.25) is 17.7 Å². The molecule has 3 aromatic heterocycles. The molecule has 7 atom stereocenters. The molecule has 0 radical (unpaired) electrons. The Morgan fingerprint density at radius 3 is 2.51 bits per heavy atom. The fraction of sp³-hybridized carbons (Fsp3) is 0.491. The number of ether oxygens (including phenoxy) is 1. The summed E-state index contributed by atoms with van der Waals surface area (Å²) in [6, 6.07) is 12.5. The van der Waals surface area contributed by atoms with E-state index in [0.717, 1.165) is 65.3 Å². The van der Waals surface area contributed by atoms with Crippen molar-refractivity contribution in [1.29, 1.82) is 5.26 Å². The second kappa shape index (κ2) is 22.2. The SMILES string of the molecule is Cc1ncsc1-c1ccc([C@H](C)NC(=O)[C@@H]2C[C@@H](O)CN2C(=O)[C@@H](NC(=O)CCCCN2CCC[C@@]2(C)COc2nc(N3CC4CCC(C3)N4)c3cc(Cl)c(-c4ccc(F)c5sc(N)c(C#N)c45)c(F)c3n2)C(C)(C)C)cc1. The minimum Gasteiger partial charge on any atom is -0.461 e. The van der Waals surface area contributed by atoms with Crippen molar-refractivity contribution in [1.82, 2.24) is 40.7 Å². The summed E-state index contributed by atoms with van der Waals surface area (Å²) in [5.74, 6) is -1.91. The number of nitrogen functional groups attached to an aromatic ring is 1. The predicted molar refractivity (Wildman–Crippen MR) is 301 cm³/mol. The van der Waals surface area contributed by atoms with Crippen LogP contribution in [0, 0.1) is 35.3 Å². The fourth-order valence-electron chi connectivity index (χ4n) is 11.9. The second-order valence-electron chi connectivity index (χ2n) is 22.8. The number of fused-ring (bicyclic) bond motifs is 4. The van der Waals surface area contributed by atoms with Crippen LogP contribution in [0.1, 0.15) is 109 Å². The Hall–Kier alpha value is -6.08. The van der Waals surface area contributed by atoms with E-state index in [1.165, 1.54) is 17.0 Å². The number of aliphatic hydroxyl groups excluding tert-OH is 1. The zero-order chi connectivity index (χ0) is 55.4.